The summed E-state index contributed by atoms with van der Waals surface area (Å²) in [5.41, 5.74) is 0.228. The molecule has 1 aliphatic heterocycles. The second-order valence-corrected chi connectivity index (χ2v) is 5.88. The van der Waals surface area contributed by atoms with Crippen LogP contribution in [0.3, 0.4) is 0 Å². The third-order valence-electron chi connectivity index (χ3n) is 3.52. The molecule has 1 heterocycles. The van der Waals surface area contributed by atoms with Gasteiger partial charge in [0.05, 0.1) is 11.7 Å². The van der Waals surface area contributed by atoms with E-state index in [1.54, 1.807) is 0 Å². The minimum atomic E-state index is 0.0743. The molecule has 1 saturated heterocycles. The van der Waals surface area contributed by atoms with Crippen LogP contribution in [0.4, 0.5) is 0 Å². The van der Waals surface area contributed by atoms with Crippen molar-refractivity contribution < 1.29 is 4.74 Å². The smallest absolute Gasteiger partial charge is 0.0631 e. The molecule has 0 aliphatic carbocycles. The molecule has 1 aliphatic rings. The number of rotatable bonds is 6. The van der Waals surface area contributed by atoms with Crippen molar-refractivity contribution in [3.8, 4) is 0 Å². The van der Waals surface area contributed by atoms with Crippen molar-refractivity contribution in [3.05, 3.63) is 12.7 Å². The number of ether oxygens (including phenoxy) is 1. The molecular weight excluding hydrogens is 198 g/mol. The molecule has 0 aromatic heterocycles. The van der Waals surface area contributed by atoms with Gasteiger partial charge in [-0.3, -0.25) is 0 Å². The SMILES string of the molecule is C=CC(C)(CNCC)CC1CCC(C)(C)O1. The van der Waals surface area contributed by atoms with Crippen molar-refractivity contribution in [1.82, 2.24) is 5.32 Å². The predicted octanol–water partition coefficient (Wildman–Crippen LogP) is 3.14. The Morgan fingerprint density at radius 1 is 1.56 bits per heavy atom. The van der Waals surface area contributed by atoms with Gasteiger partial charge in [-0.15, -0.1) is 6.58 Å². The Kier molecular flexibility index (Phi) is 4.57. The molecule has 94 valence electrons. The van der Waals surface area contributed by atoms with Gasteiger partial charge in [-0.05, 0) is 39.7 Å². The van der Waals surface area contributed by atoms with Gasteiger partial charge in [0.2, 0.25) is 0 Å². The van der Waals surface area contributed by atoms with Crippen molar-refractivity contribution in [1.29, 1.82) is 0 Å². The maximum Gasteiger partial charge on any atom is 0.0631 e. The second-order valence-electron chi connectivity index (χ2n) is 5.88. The Balaban J connectivity index is 2.47. The highest BCUT2D eigenvalue weighted by Crippen LogP contribution is 2.36. The molecule has 0 aromatic carbocycles. The van der Waals surface area contributed by atoms with Gasteiger partial charge in [-0.2, -0.15) is 0 Å². The van der Waals surface area contributed by atoms with Crippen LogP contribution in [0.5, 0.6) is 0 Å². The summed E-state index contributed by atoms with van der Waals surface area (Å²) in [6.07, 6.45) is 5.91. The second kappa shape index (κ2) is 5.33. The lowest BCUT2D eigenvalue weighted by atomic mass is 9.83. The summed E-state index contributed by atoms with van der Waals surface area (Å²) in [7, 11) is 0. The first-order valence-corrected chi connectivity index (χ1v) is 6.43. The summed E-state index contributed by atoms with van der Waals surface area (Å²) in [6.45, 7) is 14.7. The van der Waals surface area contributed by atoms with Crippen LogP contribution in [-0.2, 0) is 4.74 Å². The van der Waals surface area contributed by atoms with Crippen LogP contribution >= 0.6 is 0 Å². The van der Waals surface area contributed by atoms with E-state index in [1.807, 2.05) is 0 Å². The summed E-state index contributed by atoms with van der Waals surface area (Å²) in [5, 5.41) is 3.41. The Morgan fingerprint density at radius 2 is 2.25 bits per heavy atom. The van der Waals surface area contributed by atoms with Gasteiger partial charge >= 0.3 is 0 Å². The first-order chi connectivity index (χ1) is 7.41. The van der Waals surface area contributed by atoms with E-state index in [2.05, 4.69) is 45.7 Å². The fraction of sp³-hybridized carbons (Fsp3) is 0.857. The number of hydrogen-bond donors (Lipinski definition) is 1. The monoisotopic (exact) mass is 225 g/mol. The van der Waals surface area contributed by atoms with E-state index >= 15 is 0 Å². The fourth-order valence-corrected chi connectivity index (χ4v) is 2.38. The minimum Gasteiger partial charge on any atom is -0.372 e. The topological polar surface area (TPSA) is 21.3 Å². The molecule has 0 spiro atoms. The first-order valence-electron chi connectivity index (χ1n) is 6.43. The van der Waals surface area contributed by atoms with Gasteiger partial charge in [0.1, 0.15) is 0 Å². The first kappa shape index (κ1) is 13.7. The molecule has 16 heavy (non-hydrogen) atoms. The molecule has 2 atom stereocenters. The van der Waals surface area contributed by atoms with Gasteiger partial charge in [0, 0.05) is 12.0 Å². The van der Waals surface area contributed by atoms with E-state index in [0.29, 0.717) is 6.10 Å². The van der Waals surface area contributed by atoms with E-state index in [4.69, 9.17) is 4.74 Å². The molecule has 0 aromatic rings. The Hall–Kier alpha value is -0.340. The van der Waals surface area contributed by atoms with Crippen molar-refractivity contribution in [2.24, 2.45) is 5.41 Å². The standard InChI is InChI=1S/C14H27NO/c1-6-14(5,11-15-7-2)10-12-8-9-13(3,4)16-12/h6,12,15H,1,7-11H2,2-5H3. The highest BCUT2D eigenvalue weighted by Gasteiger charge is 2.35. The summed E-state index contributed by atoms with van der Waals surface area (Å²) in [4.78, 5) is 0. The van der Waals surface area contributed by atoms with Gasteiger partial charge in [0.25, 0.3) is 0 Å². The summed E-state index contributed by atoms with van der Waals surface area (Å²) in [5.74, 6) is 0. The molecule has 2 nitrogen and oxygen atoms in total. The average molecular weight is 225 g/mol. The zero-order valence-corrected chi connectivity index (χ0v) is 11.3. The van der Waals surface area contributed by atoms with Crippen LogP contribution in [0.25, 0.3) is 0 Å². The molecule has 0 saturated carbocycles. The zero-order valence-electron chi connectivity index (χ0n) is 11.3. The molecule has 2 unspecified atom stereocenters. The van der Waals surface area contributed by atoms with Crippen molar-refractivity contribution in [2.75, 3.05) is 13.1 Å². The lowest BCUT2D eigenvalue weighted by molar-refractivity contribution is -0.0289. The van der Waals surface area contributed by atoms with Gasteiger partial charge < -0.3 is 10.1 Å². The van der Waals surface area contributed by atoms with E-state index in [1.165, 1.54) is 12.8 Å². The van der Waals surface area contributed by atoms with Crippen LogP contribution in [0, 0.1) is 5.41 Å². The van der Waals surface area contributed by atoms with Gasteiger partial charge in [0.15, 0.2) is 0 Å². The molecule has 0 amide bonds. The average Bonchev–Trinajstić information content (AvgIpc) is 2.55. The molecule has 0 bridgehead atoms. The normalized spacial score (nSPS) is 27.6. The van der Waals surface area contributed by atoms with E-state index in [-0.39, 0.29) is 11.0 Å². The molecule has 1 fully saturated rings. The molecule has 2 heteroatoms. The largest absolute Gasteiger partial charge is 0.372 e. The van der Waals surface area contributed by atoms with Crippen LogP contribution in [0.15, 0.2) is 12.7 Å². The number of nitrogens with one attached hydrogen (secondary N) is 1. The van der Waals surface area contributed by atoms with E-state index < -0.39 is 0 Å². The van der Waals surface area contributed by atoms with Crippen molar-refractivity contribution >= 4 is 0 Å². The Morgan fingerprint density at radius 3 is 2.69 bits per heavy atom. The van der Waals surface area contributed by atoms with E-state index in [0.717, 1.165) is 19.5 Å². The van der Waals surface area contributed by atoms with Crippen LogP contribution in [0.2, 0.25) is 0 Å². The highest BCUT2D eigenvalue weighted by molar-refractivity contribution is 4.96. The highest BCUT2D eigenvalue weighted by atomic mass is 16.5. The summed E-state index contributed by atoms with van der Waals surface area (Å²) >= 11 is 0. The van der Waals surface area contributed by atoms with E-state index in [9.17, 15) is 0 Å². The van der Waals surface area contributed by atoms with Crippen molar-refractivity contribution in [3.63, 3.8) is 0 Å². The third kappa shape index (κ3) is 3.91. The Labute approximate surface area is 100 Å². The van der Waals surface area contributed by atoms with Gasteiger partial charge in [-0.1, -0.05) is 19.9 Å². The molecule has 1 rings (SSSR count). The zero-order chi connectivity index (χ0) is 12.2. The maximum atomic E-state index is 6.05. The van der Waals surface area contributed by atoms with Crippen LogP contribution in [0.1, 0.15) is 47.0 Å². The fourth-order valence-electron chi connectivity index (χ4n) is 2.38. The van der Waals surface area contributed by atoms with Crippen LogP contribution < -0.4 is 5.32 Å². The summed E-state index contributed by atoms with van der Waals surface area (Å²) < 4.78 is 6.05. The molecule has 0 radical (unpaired) electrons. The van der Waals surface area contributed by atoms with Crippen molar-refractivity contribution in [2.45, 2.75) is 58.7 Å². The Bertz CT molecular complexity index is 237. The maximum absolute atomic E-state index is 6.05. The molecular formula is C14H27NO. The lowest BCUT2D eigenvalue weighted by Gasteiger charge is -2.30. The lowest BCUT2D eigenvalue weighted by Crippen LogP contribution is -2.34. The minimum absolute atomic E-state index is 0.0743. The van der Waals surface area contributed by atoms with Crippen LogP contribution in [-0.4, -0.2) is 24.8 Å². The molecule has 1 N–H and O–H groups in total. The third-order valence-corrected chi connectivity index (χ3v) is 3.52. The van der Waals surface area contributed by atoms with Gasteiger partial charge in [-0.25, -0.2) is 0 Å². The predicted molar refractivity (Wildman–Crippen MR) is 69.7 cm³/mol. The number of hydrogen-bond acceptors (Lipinski definition) is 2. The quantitative estimate of drug-likeness (QED) is 0.701. The summed E-state index contributed by atoms with van der Waals surface area (Å²) in [6, 6.07) is 0.